The number of ether oxygens (including phenoxy) is 1. The summed E-state index contributed by atoms with van der Waals surface area (Å²) in [7, 11) is 2.24. The van der Waals surface area contributed by atoms with Crippen molar-refractivity contribution in [1.29, 1.82) is 0 Å². The third-order valence-electron chi connectivity index (χ3n) is 15.1. The second-order valence-corrected chi connectivity index (χ2v) is 24.0. The summed E-state index contributed by atoms with van der Waals surface area (Å²) in [6, 6.07) is 61.9. The van der Waals surface area contributed by atoms with Gasteiger partial charge in [-0.05, 0) is 138 Å². The van der Waals surface area contributed by atoms with E-state index < -0.39 is 0 Å². The van der Waals surface area contributed by atoms with Crippen LogP contribution in [0.1, 0.15) is 105 Å². The minimum Gasteiger partial charge on any atom is -0.458 e. The Kier molecular flexibility index (Phi) is 10.4. The van der Waals surface area contributed by atoms with E-state index in [1.54, 1.807) is 0 Å². The lowest BCUT2D eigenvalue weighted by Crippen LogP contribution is -2.60. The number of fused-ring (bicyclic) bond motifs is 7. The number of aromatic nitrogens is 1. The minimum absolute atomic E-state index is 0.0189. The number of rotatable bonds is 5. The zero-order chi connectivity index (χ0) is 49.2. The summed E-state index contributed by atoms with van der Waals surface area (Å²) >= 11 is 0. The zero-order valence-electron chi connectivity index (χ0n) is 43.4. The van der Waals surface area contributed by atoms with Crippen LogP contribution in [0.3, 0.4) is 0 Å². The van der Waals surface area contributed by atoms with E-state index in [-0.39, 0.29) is 28.4 Å². The van der Waals surface area contributed by atoms with Crippen molar-refractivity contribution >= 4 is 79.0 Å². The van der Waals surface area contributed by atoms with Gasteiger partial charge in [-0.1, -0.05) is 180 Å². The molecule has 4 nitrogen and oxygen atoms in total. The van der Waals surface area contributed by atoms with Crippen LogP contribution >= 0.6 is 0 Å². The van der Waals surface area contributed by atoms with Crippen molar-refractivity contribution in [1.82, 2.24) is 4.57 Å². The molecule has 70 heavy (non-hydrogen) atoms. The van der Waals surface area contributed by atoms with Gasteiger partial charge < -0.3 is 19.1 Å². The predicted octanol–water partition coefficient (Wildman–Crippen LogP) is 16.1. The molecule has 11 rings (SSSR count). The molecule has 2 aliphatic heterocycles. The van der Waals surface area contributed by atoms with Crippen molar-refractivity contribution < 1.29 is 4.74 Å². The van der Waals surface area contributed by atoms with Crippen LogP contribution in [0.4, 0.5) is 34.1 Å². The molecule has 9 aromatic rings. The smallest absolute Gasteiger partial charge is 0.256 e. The van der Waals surface area contributed by atoms with Gasteiger partial charge in [0.05, 0.1) is 11.2 Å². The number of anilines is 6. The van der Waals surface area contributed by atoms with Crippen LogP contribution in [-0.4, -0.2) is 11.3 Å². The van der Waals surface area contributed by atoms with Crippen LogP contribution in [0.2, 0.25) is 0 Å². The number of benzene rings is 8. The Labute approximate surface area is 416 Å². The topological polar surface area (TPSA) is 20.6 Å². The van der Waals surface area contributed by atoms with E-state index in [4.69, 9.17) is 4.74 Å². The first-order valence-electron chi connectivity index (χ1n) is 25.2. The molecule has 0 N–H and O–H groups in total. The maximum Gasteiger partial charge on any atom is 0.256 e. The summed E-state index contributed by atoms with van der Waals surface area (Å²) in [5.41, 5.74) is 20.2. The second kappa shape index (κ2) is 16.0. The van der Waals surface area contributed by atoms with Gasteiger partial charge in [0.15, 0.2) is 0 Å². The van der Waals surface area contributed by atoms with Gasteiger partial charge in [-0.2, -0.15) is 0 Å². The highest BCUT2D eigenvalue weighted by Crippen LogP contribution is 2.50. The summed E-state index contributed by atoms with van der Waals surface area (Å²) in [6.07, 6.45) is 0. The Morgan fingerprint density at radius 2 is 0.957 bits per heavy atom. The molecular formula is C65H66BN3O. The molecule has 0 bridgehead atoms. The lowest BCUT2D eigenvalue weighted by atomic mass is 9.33. The third kappa shape index (κ3) is 7.61. The monoisotopic (exact) mass is 916 g/mol. The molecule has 0 unspecified atom stereocenters. The van der Waals surface area contributed by atoms with Crippen molar-refractivity contribution in [3.63, 3.8) is 0 Å². The summed E-state index contributed by atoms with van der Waals surface area (Å²) in [5.74, 6) is 1.82. The highest BCUT2D eigenvalue weighted by molar-refractivity contribution is 6.99. The normalized spacial score (nSPS) is 13.6. The second-order valence-electron chi connectivity index (χ2n) is 24.0. The summed E-state index contributed by atoms with van der Waals surface area (Å²) in [6.45, 7) is 27.6. The average Bonchev–Trinajstić information content (AvgIpc) is 3.61. The Bertz CT molecular complexity index is 3440. The summed E-state index contributed by atoms with van der Waals surface area (Å²) in [4.78, 5) is 5.04. The van der Waals surface area contributed by atoms with E-state index in [9.17, 15) is 0 Å². The molecule has 350 valence electrons. The van der Waals surface area contributed by atoms with E-state index in [1.807, 2.05) is 0 Å². The molecule has 0 saturated carbocycles. The number of nitrogens with zero attached hydrogens (tertiary/aromatic N) is 3. The number of hydrogen-bond acceptors (Lipinski definition) is 3. The Balaban J connectivity index is 1.26. The van der Waals surface area contributed by atoms with Crippen molar-refractivity contribution in [3.8, 4) is 22.6 Å². The molecule has 5 heteroatoms. The van der Waals surface area contributed by atoms with Crippen LogP contribution in [0.5, 0.6) is 11.5 Å². The first kappa shape index (κ1) is 45.5. The van der Waals surface area contributed by atoms with Gasteiger partial charge in [-0.15, -0.1) is 0 Å². The molecule has 1 aromatic heterocycles. The van der Waals surface area contributed by atoms with Gasteiger partial charge in [0.1, 0.15) is 11.5 Å². The molecule has 0 radical (unpaired) electrons. The molecule has 0 fully saturated rings. The lowest BCUT2D eigenvalue weighted by molar-refractivity contribution is 0.486. The van der Waals surface area contributed by atoms with Crippen molar-refractivity contribution in [2.45, 2.75) is 105 Å². The summed E-state index contributed by atoms with van der Waals surface area (Å²) < 4.78 is 9.63. The summed E-state index contributed by atoms with van der Waals surface area (Å²) in [5, 5.41) is 2.42. The zero-order valence-corrected chi connectivity index (χ0v) is 43.4. The van der Waals surface area contributed by atoms with Crippen LogP contribution in [0.15, 0.2) is 164 Å². The van der Waals surface area contributed by atoms with Crippen molar-refractivity contribution in [3.05, 3.63) is 186 Å². The Hall–Kier alpha value is -6.98. The molecule has 2 aliphatic rings. The van der Waals surface area contributed by atoms with Gasteiger partial charge in [0.25, 0.3) is 6.71 Å². The lowest BCUT2D eigenvalue weighted by Gasteiger charge is -2.42. The Morgan fingerprint density at radius 3 is 1.56 bits per heavy atom. The molecule has 3 heterocycles. The molecule has 0 saturated heterocycles. The van der Waals surface area contributed by atoms with Gasteiger partial charge in [-0.3, -0.25) is 0 Å². The fraction of sp³-hybridized carbons (Fsp3) is 0.262. The highest BCUT2D eigenvalue weighted by atomic mass is 16.5. The quantitative estimate of drug-likeness (QED) is 0.161. The molecule has 0 aliphatic carbocycles. The largest absolute Gasteiger partial charge is 0.458 e. The fourth-order valence-corrected chi connectivity index (χ4v) is 11.0. The molecule has 8 aromatic carbocycles. The van der Waals surface area contributed by atoms with Crippen molar-refractivity contribution in [2.75, 3.05) is 9.80 Å². The van der Waals surface area contributed by atoms with Gasteiger partial charge in [0, 0.05) is 51.8 Å². The minimum atomic E-state index is -0.0734. The third-order valence-corrected chi connectivity index (χ3v) is 15.1. The predicted molar refractivity (Wildman–Crippen MR) is 301 cm³/mol. The molecular weight excluding hydrogens is 850 g/mol. The van der Waals surface area contributed by atoms with E-state index >= 15 is 0 Å². The van der Waals surface area contributed by atoms with Gasteiger partial charge in [0.2, 0.25) is 0 Å². The van der Waals surface area contributed by atoms with E-state index in [0.717, 1.165) is 51.1 Å². The Morgan fingerprint density at radius 1 is 0.414 bits per heavy atom. The molecule has 0 amide bonds. The maximum absolute atomic E-state index is 7.21. The average molecular weight is 916 g/mol. The van der Waals surface area contributed by atoms with E-state index in [1.165, 1.54) is 66.1 Å². The number of hydrogen-bond donors (Lipinski definition) is 0. The van der Waals surface area contributed by atoms with Crippen LogP contribution in [0.25, 0.3) is 32.9 Å². The van der Waals surface area contributed by atoms with Crippen LogP contribution in [0, 0.1) is 0 Å². The molecule has 0 atom stereocenters. The number of aryl methyl sites for hydroxylation is 1. The van der Waals surface area contributed by atoms with Gasteiger partial charge in [-0.25, -0.2) is 0 Å². The highest BCUT2D eigenvalue weighted by Gasteiger charge is 2.44. The number of para-hydroxylation sites is 1. The van der Waals surface area contributed by atoms with E-state index in [2.05, 4.69) is 268 Å². The van der Waals surface area contributed by atoms with Gasteiger partial charge >= 0.3 is 0 Å². The van der Waals surface area contributed by atoms with Crippen LogP contribution < -0.4 is 30.9 Å². The first-order valence-corrected chi connectivity index (χ1v) is 25.2. The molecule has 0 spiro atoms. The van der Waals surface area contributed by atoms with E-state index in [0.29, 0.717) is 0 Å². The van der Waals surface area contributed by atoms with Crippen LogP contribution in [-0.2, 0) is 28.7 Å². The SMILES string of the molecule is Cn1c2ccccc2c2cc(N(c3ccc(C(C)(C)C)cc3)c3ccc(C(C)(C)C)cc3)cc(N3c4ccc(C(C)(C)C)cc4B4c5cc(C(C)(C)C)ccc5Oc5cc(-c6ccccc6)cc3c54)c21. The maximum atomic E-state index is 7.21. The standard InChI is InChI=1S/C65H66BN3O/c1-62(2,3)43-23-29-47(30-24-43)68(48-31-25-44(26-32-48)63(4,5)6)49-39-51-50-21-17-18-22-54(50)67(13)61(51)57(40-49)69-55-33-27-45(64(7,8)9)37-52(55)66-53-38-46(65(10,11)12)28-34-58(53)70-59-36-42(35-56(69)60(59)66)41-19-15-14-16-20-41/h14-40H,1-13H3. The fourth-order valence-electron chi connectivity index (χ4n) is 11.0. The van der Waals surface area contributed by atoms with Crippen molar-refractivity contribution in [2.24, 2.45) is 7.05 Å². The first-order chi connectivity index (χ1) is 33.1.